The molecule has 1 aliphatic carbocycles. The number of rotatable bonds is 2. The SMILES string of the molecule is CN(C)c1nc2c(c3ccccc13)C(c1ccc(Cl)cc1Cl)Cc1ccccc1-2. The topological polar surface area (TPSA) is 16.1 Å². The molecule has 4 heteroatoms. The molecule has 0 radical (unpaired) electrons. The summed E-state index contributed by atoms with van der Waals surface area (Å²) in [7, 11) is 4.09. The Morgan fingerprint density at radius 2 is 1.62 bits per heavy atom. The Kier molecular flexibility index (Phi) is 4.49. The molecule has 0 aliphatic heterocycles. The van der Waals surface area contributed by atoms with Gasteiger partial charge in [0.25, 0.3) is 0 Å². The van der Waals surface area contributed by atoms with E-state index in [2.05, 4.69) is 59.5 Å². The van der Waals surface area contributed by atoms with Gasteiger partial charge in [-0.1, -0.05) is 77.8 Å². The quantitative estimate of drug-likeness (QED) is 0.349. The van der Waals surface area contributed by atoms with Crippen molar-refractivity contribution in [2.45, 2.75) is 12.3 Å². The van der Waals surface area contributed by atoms with Crippen LogP contribution < -0.4 is 4.90 Å². The van der Waals surface area contributed by atoms with Crippen LogP contribution in [0.15, 0.2) is 66.7 Å². The third kappa shape index (κ3) is 2.99. The highest BCUT2D eigenvalue weighted by molar-refractivity contribution is 6.35. The first kappa shape index (κ1) is 18.5. The lowest BCUT2D eigenvalue weighted by atomic mass is 9.76. The van der Waals surface area contributed by atoms with Crippen LogP contribution >= 0.6 is 23.2 Å². The van der Waals surface area contributed by atoms with Gasteiger partial charge >= 0.3 is 0 Å². The lowest BCUT2D eigenvalue weighted by Crippen LogP contribution is -2.18. The van der Waals surface area contributed by atoms with Gasteiger partial charge in [0, 0.05) is 41.0 Å². The summed E-state index contributed by atoms with van der Waals surface area (Å²) in [5.41, 5.74) is 5.89. The molecule has 0 bridgehead atoms. The molecule has 3 aromatic carbocycles. The first-order valence-corrected chi connectivity index (χ1v) is 10.4. The van der Waals surface area contributed by atoms with Crippen molar-refractivity contribution in [1.82, 2.24) is 4.98 Å². The maximum absolute atomic E-state index is 6.68. The van der Waals surface area contributed by atoms with Gasteiger partial charge in [-0.2, -0.15) is 0 Å². The number of halogens is 2. The normalized spacial score (nSPS) is 15.1. The van der Waals surface area contributed by atoms with E-state index in [1.807, 2.05) is 26.2 Å². The third-order valence-electron chi connectivity index (χ3n) is 5.74. The lowest BCUT2D eigenvalue weighted by Gasteiger charge is -2.31. The number of hydrogen-bond acceptors (Lipinski definition) is 2. The van der Waals surface area contributed by atoms with Gasteiger partial charge in [-0.25, -0.2) is 4.98 Å². The van der Waals surface area contributed by atoms with Gasteiger partial charge in [0.05, 0.1) is 5.69 Å². The van der Waals surface area contributed by atoms with Crippen molar-refractivity contribution in [2.24, 2.45) is 0 Å². The molecular weight excluding hydrogens is 399 g/mol. The van der Waals surface area contributed by atoms with Gasteiger partial charge in [-0.3, -0.25) is 0 Å². The molecular formula is C25H20Cl2N2. The highest BCUT2D eigenvalue weighted by Gasteiger charge is 2.31. The Bertz CT molecular complexity index is 1250. The molecule has 1 aliphatic rings. The molecule has 1 atom stereocenters. The first-order valence-electron chi connectivity index (χ1n) is 9.68. The highest BCUT2D eigenvalue weighted by atomic mass is 35.5. The second-order valence-electron chi connectivity index (χ2n) is 7.72. The van der Waals surface area contributed by atoms with E-state index in [0.29, 0.717) is 10.0 Å². The summed E-state index contributed by atoms with van der Waals surface area (Å²) in [5.74, 6) is 1.11. The van der Waals surface area contributed by atoms with E-state index >= 15 is 0 Å². The molecule has 0 saturated heterocycles. The fourth-order valence-electron chi connectivity index (χ4n) is 4.47. The Labute approximate surface area is 180 Å². The van der Waals surface area contributed by atoms with Crippen molar-refractivity contribution >= 4 is 39.8 Å². The average molecular weight is 419 g/mol. The molecule has 144 valence electrons. The molecule has 2 nitrogen and oxygen atoms in total. The number of aromatic nitrogens is 1. The number of hydrogen-bond donors (Lipinski definition) is 0. The summed E-state index contributed by atoms with van der Waals surface area (Å²) in [6.07, 6.45) is 0.886. The molecule has 4 aromatic rings. The highest BCUT2D eigenvalue weighted by Crippen LogP contribution is 2.48. The van der Waals surface area contributed by atoms with Crippen molar-refractivity contribution < 1.29 is 0 Å². The molecule has 0 spiro atoms. The predicted molar refractivity (Wildman–Crippen MR) is 124 cm³/mol. The van der Waals surface area contributed by atoms with E-state index in [-0.39, 0.29) is 5.92 Å². The molecule has 29 heavy (non-hydrogen) atoms. The zero-order chi connectivity index (χ0) is 20.1. The summed E-state index contributed by atoms with van der Waals surface area (Å²) in [6, 6.07) is 22.9. The second kappa shape index (κ2) is 7.05. The van der Waals surface area contributed by atoms with Crippen LogP contribution in [0.1, 0.15) is 22.6 Å². The van der Waals surface area contributed by atoms with Crippen LogP contribution in [-0.4, -0.2) is 19.1 Å². The molecule has 0 N–H and O–H groups in total. The average Bonchev–Trinajstić information content (AvgIpc) is 2.72. The number of fused-ring (bicyclic) bond motifs is 5. The van der Waals surface area contributed by atoms with Crippen LogP contribution in [0.3, 0.4) is 0 Å². The Morgan fingerprint density at radius 1 is 0.897 bits per heavy atom. The van der Waals surface area contributed by atoms with E-state index in [0.717, 1.165) is 28.9 Å². The van der Waals surface area contributed by atoms with E-state index in [4.69, 9.17) is 28.2 Å². The van der Waals surface area contributed by atoms with Gasteiger partial charge in [0.2, 0.25) is 0 Å². The van der Waals surface area contributed by atoms with Crippen molar-refractivity contribution in [3.05, 3.63) is 93.5 Å². The van der Waals surface area contributed by atoms with Gasteiger partial charge in [0.1, 0.15) is 5.82 Å². The van der Waals surface area contributed by atoms with Crippen LogP contribution in [0, 0.1) is 0 Å². The van der Waals surface area contributed by atoms with Crippen molar-refractivity contribution in [3.63, 3.8) is 0 Å². The summed E-state index contributed by atoms with van der Waals surface area (Å²) in [5, 5.41) is 3.74. The standard InChI is InChI=1S/C25H20Cl2N2/c1-29(2)25-20-10-6-5-9-19(20)23-21(18-12-11-16(26)14-22(18)27)13-15-7-3-4-8-17(15)24(23)28-25/h3-12,14,21H,13H2,1-2H3. The monoisotopic (exact) mass is 418 g/mol. The first-order chi connectivity index (χ1) is 14.0. The Balaban J connectivity index is 1.89. The van der Waals surface area contributed by atoms with Crippen molar-refractivity contribution in [1.29, 1.82) is 0 Å². The van der Waals surface area contributed by atoms with E-state index in [1.165, 1.54) is 22.1 Å². The fraction of sp³-hybridized carbons (Fsp3) is 0.160. The van der Waals surface area contributed by atoms with Gasteiger partial charge in [-0.15, -0.1) is 0 Å². The Hall–Kier alpha value is -2.55. The summed E-state index contributed by atoms with van der Waals surface area (Å²) in [4.78, 5) is 7.25. The van der Waals surface area contributed by atoms with Gasteiger partial charge in [0.15, 0.2) is 0 Å². The zero-order valence-corrected chi connectivity index (χ0v) is 17.8. The molecule has 1 aromatic heterocycles. The summed E-state index contributed by atoms with van der Waals surface area (Å²) in [6.45, 7) is 0. The Morgan fingerprint density at radius 3 is 2.38 bits per heavy atom. The molecule has 5 rings (SSSR count). The fourth-order valence-corrected chi connectivity index (χ4v) is 5.01. The van der Waals surface area contributed by atoms with Crippen LogP contribution in [0.5, 0.6) is 0 Å². The summed E-state index contributed by atoms with van der Waals surface area (Å²) >= 11 is 12.9. The largest absolute Gasteiger partial charge is 0.362 e. The smallest absolute Gasteiger partial charge is 0.136 e. The van der Waals surface area contributed by atoms with E-state index in [9.17, 15) is 0 Å². The van der Waals surface area contributed by atoms with Gasteiger partial charge in [-0.05, 0) is 40.6 Å². The molecule has 1 heterocycles. The number of pyridine rings is 1. The van der Waals surface area contributed by atoms with Crippen LogP contribution in [0.2, 0.25) is 10.0 Å². The predicted octanol–water partition coefficient (Wildman–Crippen LogP) is 6.96. The maximum Gasteiger partial charge on any atom is 0.136 e. The minimum absolute atomic E-state index is 0.123. The molecule has 0 amide bonds. The number of benzene rings is 3. The maximum atomic E-state index is 6.68. The second-order valence-corrected chi connectivity index (χ2v) is 8.56. The minimum Gasteiger partial charge on any atom is -0.362 e. The number of nitrogens with zero attached hydrogens (tertiary/aromatic N) is 2. The zero-order valence-electron chi connectivity index (χ0n) is 16.3. The summed E-state index contributed by atoms with van der Waals surface area (Å²) < 4.78 is 0. The number of anilines is 1. The minimum atomic E-state index is 0.123. The van der Waals surface area contributed by atoms with E-state index < -0.39 is 0 Å². The molecule has 1 unspecified atom stereocenters. The van der Waals surface area contributed by atoms with E-state index in [1.54, 1.807) is 0 Å². The van der Waals surface area contributed by atoms with Crippen LogP contribution in [0.25, 0.3) is 22.0 Å². The van der Waals surface area contributed by atoms with Crippen molar-refractivity contribution in [3.8, 4) is 11.3 Å². The molecule has 0 saturated carbocycles. The lowest BCUT2D eigenvalue weighted by molar-refractivity contribution is 0.794. The van der Waals surface area contributed by atoms with Crippen molar-refractivity contribution in [2.75, 3.05) is 19.0 Å². The third-order valence-corrected chi connectivity index (χ3v) is 6.30. The van der Waals surface area contributed by atoms with Gasteiger partial charge < -0.3 is 4.90 Å². The van der Waals surface area contributed by atoms with Crippen LogP contribution in [-0.2, 0) is 6.42 Å². The molecule has 0 fully saturated rings. The van der Waals surface area contributed by atoms with Crippen LogP contribution in [0.4, 0.5) is 5.82 Å².